The van der Waals surface area contributed by atoms with Crippen molar-refractivity contribution >= 4 is 34.8 Å². The number of carbonyl (C=O) groups excluding carboxylic acids is 2. The largest absolute Gasteiger partial charge is 0.362 e. The van der Waals surface area contributed by atoms with E-state index in [0.717, 1.165) is 9.78 Å². The molecule has 1 aromatic heterocycles. The fourth-order valence-corrected chi connectivity index (χ4v) is 2.18. The highest BCUT2D eigenvalue weighted by Crippen LogP contribution is 2.20. The third-order valence-electron chi connectivity index (χ3n) is 1.89. The Morgan fingerprint density at radius 3 is 2.67 bits per heavy atom. The van der Waals surface area contributed by atoms with Crippen LogP contribution in [0.3, 0.4) is 0 Å². The van der Waals surface area contributed by atoms with E-state index >= 15 is 0 Å². The zero-order valence-electron chi connectivity index (χ0n) is 7.60. The van der Waals surface area contributed by atoms with Gasteiger partial charge < -0.3 is 4.74 Å². The minimum absolute atomic E-state index is 0.0434. The number of thiazole rings is 1. The Labute approximate surface area is 94.6 Å². The SMILES string of the molecule is O=C1COCC(=O)N1Cc1cnc(Cl)s1. The summed E-state index contributed by atoms with van der Waals surface area (Å²) in [7, 11) is 0. The molecular weight excluding hydrogens is 240 g/mol. The number of hydrogen-bond donors (Lipinski definition) is 0. The molecule has 1 aromatic rings. The summed E-state index contributed by atoms with van der Waals surface area (Å²) in [5.41, 5.74) is 0. The van der Waals surface area contributed by atoms with Crippen LogP contribution in [0.15, 0.2) is 6.20 Å². The van der Waals surface area contributed by atoms with Crippen molar-refractivity contribution in [1.82, 2.24) is 9.88 Å². The van der Waals surface area contributed by atoms with Crippen molar-refractivity contribution in [2.24, 2.45) is 0 Å². The van der Waals surface area contributed by atoms with E-state index in [1.54, 1.807) is 6.20 Å². The molecule has 0 saturated carbocycles. The molecule has 1 aliphatic rings. The van der Waals surface area contributed by atoms with Gasteiger partial charge in [0.1, 0.15) is 13.2 Å². The molecule has 0 bridgehead atoms. The highest BCUT2D eigenvalue weighted by Gasteiger charge is 2.26. The lowest BCUT2D eigenvalue weighted by Gasteiger charge is -2.23. The zero-order valence-corrected chi connectivity index (χ0v) is 9.18. The normalized spacial score (nSPS) is 17.3. The average Bonchev–Trinajstić information content (AvgIpc) is 2.58. The Bertz CT molecular complexity index is 390. The smallest absolute Gasteiger partial charge is 0.255 e. The van der Waals surface area contributed by atoms with Gasteiger partial charge in [0.05, 0.1) is 6.54 Å². The molecule has 5 nitrogen and oxygen atoms in total. The summed E-state index contributed by atoms with van der Waals surface area (Å²) < 4.78 is 5.19. The van der Waals surface area contributed by atoms with Crippen LogP contribution in [0.25, 0.3) is 0 Å². The van der Waals surface area contributed by atoms with E-state index in [2.05, 4.69) is 4.98 Å². The van der Waals surface area contributed by atoms with Crippen molar-refractivity contribution in [3.8, 4) is 0 Å². The molecular formula is C8H7ClN2O3S. The van der Waals surface area contributed by atoms with Crippen molar-refractivity contribution in [2.45, 2.75) is 6.54 Å². The van der Waals surface area contributed by atoms with E-state index in [1.165, 1.54) is 11.3 Å². The second-order valence-corrected chi connectivity index (χ2v) is 4.64. The summed E-state index contributed by atoms with van der Waals surface area (Å²) in [6, 6.07) is 0. The Balaban J connectivity index is 2.09. The van der Waals surface area contributed by atoms with Crippen molar-refractivity contribution in [3.63, 3.8) is 0 Å². The fraction of sp³-hybridized carbons (Fsp3) is 0.375. The van der Waals surface area contributed by atoms with E-state index in [1.807, 2.05) is 0 Å². The van der Waals surface area contributed by atoms with Crippen LogP contribution in [-0.2, 0) is 20.9 Å². The number of aromatic nitrogens is 1. The standard InChI is InChI=1S/C8H7ClN2O3S/c9-8-10-1-5(15-8)2-11-6(12)3-14-4-7(11)13/h1H,2-4H2. The topological polar surface area (TPSA) is 59.5 Å². The minimum atomic E-state index is -0.323. The molecule has 1 fully saturated rings. The number of carbonyl (C=O) groups is 2. The van der Waals surface area contributed by atoms with Gasteiger partial charge in [-0.2, -0.15) is 0 Å². The number of amides is 2. The van der Waals surface area contributed by atoms with Crippen LogP contribution in [0.1, 0.15) is 4.88 Å². The van der Waals surface area contributed by atoms with Crippen LogP contribution >= 0.6 is 22.9 Å². The van der Waals surface area contributed by atoms with Crippen LogP contribution in [0.2, 0.25) is 4.47 Å². The van der Waals surface area contributed by atoms with Crippen LogP contribution < -0.4 is 0 Å². The van der Waals surface area contributed by atoms with E-state index in [4.69, 9.17) is 16.3 Å². The van der Waals surface area contributed by atoms with Gasteiger partial charge >= 0.3 is 0 Å². The summed E-state index contributed by atoms with van der Waals surface area (Å²) >= 11 is 6.90. The number of nitrogens with zero attached hydrogens (tertiary/aromatic N) is 2. The molecule has 2 amide bonds. The first-order valence-electron chi connectivity index (χ1n) is 4.18. The summed E-state index contributed by atoms with van der Waals surface area (Å²) in [6.07, 6.45) is 1.56. The first kappa shape index (κ1) is 10.5. The molecule has 2 rings (SSSR count). The Hall–Kier alpha value is -0.980. The number of ether oxygens (including phenoxy) is 1. The molecule has 1 saturated heterocycles. The van der Waals surface area contributed by atoms with Crippen molar-refractivity contribution in [3.05, 3.63) is 15.5 Å². The zero-order chi connectivity index (χ0) is 10.8. The number of halogens is 1. The third kappa shape index (κ3) is 2.34. The van der Waals surface area contributed by atoms with Crippen molar-refractivity contribution in [2.75, 3.05) is 13.2 Å². The minimum Gasteiger partial charge on any atom is -0.362 e. The van der Waals surface area contributed by atoms with Gasteiger partial charge in [0, 0.05) is 11.1 Å². The lowest BCUT2D eigenvalue weighted by Crippen LogP contribution is -2.45. The monoisotopic (exact) mass is 246 g/mol. The van der Waals surface area contributed by atoms with Gasteiger partial charge in [-0.05, 0) is 0 Å². The van der Waals surface area contributed by atoms with Gasteiger partial charge in [0.25, 0.3) is 11.8 Å². The van der Waals surface area contributed by atoms with Gasteiger partial charge in [-0.15, -0.1) is 11.3 Å². The van der Waals surface area contributed by atoms with E-state index < -0.39 is 0 Å². The summed E-state index contributed by atoms with van der Waals surface area (Å²) in [5, 5.41) is 0. The number of imide groups is 1. The van der Waals surface area contributed by atoms with Crippen molar-refractivity contribution < 1.29 is 14.3 Å². The predicted molar refractivity (Wildman–Crippen MR) is 53.5 cm³/mol. The predicted octanol–water partition coefficient (Wildman–Crippen LogP) is 0.682. The highest BCUT2D eigenvalue weighted by molar-refractivity contribution is 7.15. The third-order valence-corrected chi connectivity index (χ3v) is 2.99. The molecule has 15 heavy (non-hydrogen) atoms. The quantitative estimate of drug-likeness (QED) is 0.720. The Morgan fingerprint density at radius 1 is 1.47 bits per heavy atom. The van der Waals surface area contributed by atoms with E-state index in [9.17, 15) is 9.59 Å². The fourth-order valence-electron chi connectivity index (χ4n) is 1.21. The molecule has 2 heterocycles. The Kier molecular flexibility index (Phi) is 2.99. The Morgan fingerprint density at radius 2 is 2.13 bits per heavy atom. The van der Waals surface area contributed by atoms with Gasteiger partial charge in [0.2, 0.25) is 0 Å². The summed E-state index contributed by atoms with van der Waals surface area (Å²) in [4.78, 5) is 28.5. The van der Waals surface area contributed by atoms with Gasteiger partial charge in [-0.3, -0.25) is 14.5 Å². The van der Waals surface area contributed by atoms with Crippen molar-refractivity contribution in [1.29, 1.82) is 0 Å². The van der Waals surface area contributed by atoms with Crippen LogP contribution in [0.4, 0.5) is 0 Å². The molecule has 0 spiro atoms. The van der Waals surface area contributed by atoms with Crippen LogP contribution in [0.5, 0.6) is 0 Å². The summed E-state index contributed by atoms with van der Waals surface area (Å²) in [5.74, 6) is -0.647. The van der Waals surface area contributed by atoms with Gasteiger partial charge in [-0.1, -0.05) is 11.6 Å². The lowest BCUT2D eigenvalue weighted by molar-refractivity contribution is -0.159. The molecule has 0 aromatic carbocycles. The second kappa shape index (κ2) is 4.26. The van der Waals surface area contributed by atoms with Gasteiger partial charge in [-0.25, -0.2) is 4.98 Å². The number of morpholine rings is 1. The molecule has 0 radical (unpaired) electrons. The molecule has 80 valence electrons. The molecule has 0 aliphatic carbocycles. The lowest BCUT2D eigenvalue weighted by atomic mass is 10.3. The average molecular weight is 247 g/mol. The highest BCUT2D eigenvalue weighted by atomic mass is 35.5. The van der Waals surface area contributed by atoms with E-state index in [0.29, 0.717) is 4.47 Å². The molecule has 0 atom stereocenters. The van der Waals surface area contributed by atoms with E-state index in [-0.39, 0.29) is 31.6 Å². The van der Waals surface area contributed by atoms with Crippen LogP contribution in [-0.4, -0.2) is 34.9 Å². The second-order valence-electron chi connectivity index (χ2n) is 2.95. The number of rotatable bonds is 2. The first-order chi connectivity index (χ1) is 7.16. The van der Waals surface area contributed by atoms with Gasteiger partial charge in [0.15, 0.2) is 4.47 Å². The molecule has 7 heteroatoms. The maximum Gasteiger partial charge on any atom is 0.255 e. The maximum absolute atomic E-state index is 11.3. The molecule has 1 aliphatic heterocycles. The van der Waals surface area contributed by atoms with Crippen LogP contribution in [0, 0.1) is 0 Å². The maximum atomic E-state index is 11.3. The number of hydrogen-bond acceptors (Lipinski definition) is 5. The molecule has 0 unspecified atom stereocenters. The molecule has 0 N–H and O–H groups in total. The summed E-state index contributed by atoms with van der Waals surface area (Å²) in [6.45, 7) is 0.141. The first-order valence-corrected chi connectivity index (χ1v) is 5.37.